The lowest BCUT2D eigenvalue weighted by atomic mass is 9.73. The average Bonchev–Trinajstić information content (AvgIpc) is 3.27. The molecule has 2 aromatic carbocycles. The van der Waals surface area contributed by atoms with Gasteiger partial charge in [0.05, 0.1) is 18.1 Å². The van der Waals surface area contributed by atoms with Gasteiger partial charge in [0.15, 0.2) is 0 Å². The maximum Gasteiger partial charge on any atom is 0.343 e. The van der Waals surface area contributed by atoms with Crippen LogP contribution in [-0.2, 0) is 4.74 Å². The summed E-state index contributed by atoms with van der Waals surface area (Å²) in [5.41, 5.74) is 2.78. The van der Waals surface area contributed by atoms with Crippen molar-refractivity contribution in [1.29, 1.82) is 0 Å². The molecule has 2 heterocycles. The van der Waals surface area contributed by atoms with E-state index in [0.717, 1.165) is 48.0 Å². The zero-order valence-corrected chi connectivity index (χ0v) is 18.6. The molecule has 33 heavy (non-hydrogen) atoms. The molecular weight excluding hydrogens is 424 g/mol. The van der Waals surface area contributed by atoms with Gasteiger partial charge in [0, 0.05) is 17.5 Å². The lowest BCUT2D eigenvalue weighted by molar-refractivity contribution is 0.0597. The second-order valence-corrected chi connectivity index (χ2v) is 8.89. The largest absolute Gasteiger partial charge is 0.465 e. The van der Waals surface area contributed by atoms with Crippen molar-refractivity contribution in [3.8, 4) is 0 Å². The van der Waals surface area contributed by atoms with E-state index in [0.29, 0.717) is 22.9 Å². The fourth-order valence-corrected chi connectivity index (χ4v) is 5.23. The molecule has 1 fully saturated rings. The van der Waals surface area contributed by atoms with Crippen LogP contribution in [0.3, 0.4) is 0 Å². The van der Waals surface area contributed by atoms with Gasteiger partial charge in [-0.05, 0) is 79.5 Å². The highest BCUT2D eigenvalue weighted by molar-refractivity contribution is 6.02. The number of carbonyl (C=O) groups is 1. The Morgan fingerprint density at radius 1 is 1.12 bits per heavy atom. The summed E-state index contributed by atoms with van der Waals surface area (Å²) in [6.07, 6.45) is 5.79. The number of esters is 1. The molecule has 2 aromatic heterocycles. The lowest BCUT2D eigenvalue weighted by Gasteiger charge is -2.32. The summed E-state index contributed by atoms with van der Waals surface area (Å²) in [5, 5.41) is 0.892. The number of pyridine rings is 1. The summed E-state index contributed by atoms with van der Waals surface area (Å²) in [6, 6.07) is 9.63. The van der Waals surface area contributed by atoms with Gasteiger partial charge in [0.2, 0.25) is 0 Å². The fourth-order valence-electron chi connectivity index (χ4n) is 5.23. The number of halogens is 2. The summed E-state index contributed by atoms with van der Waals surface area (Å²) >= 11 is 0. The van der Waals surface area contributed by atoms with E-state index in [-0.39, 0.29) is 17.3 Å². The minimum absolute atomic E-state index is 0.124. The monoisotopic (exact) mass is 449 g/mol. The van der Waals surface area contributed by atoms with E-state index in [9.17, 15) is 13.6 Å². The number of nitrogens with one attached hydrogen (secondary N) is 1. The highest BCUT2D eigenvalue weighted by Gasteiger charge is 2.30. The molecule has 170 valence electrons. The van der Waals surface area contributed by atoms with Crippen molar-refractivity contribution in [2.75, 3.05) is 7.11 Å². The summed E-state index contributed by atoms with van der Waals surface area (Å²) in [7, 11) is 1.23. The minimum Gasteiger partial charge on any atom is -0.465 e. The van der Waals surface area contributed by atoms with E-state index in [1.54, 1.807) is 24.4 Å². The number of rotatable bonds is 4. The van der Waals surface area contributed by atoms with Gasteiger partial charge in [0.1, 0.15) is 28.5 Å². The van der Waals surface area contributed by atoms with Crippen molar-refractivity contribution in [1.82, 2.24) is 15.0 Å². The molecule has 1 atom stereocenters. The maximum absolute atomic E-state index is 14.3. The highest BCUT2D eigenvalue weighted by atomic mass is 19.1. The molecular formula is C26H25F2N3O2. The normalized spacial score (nSPS) is 19.6. The molecule has 5 nitrogen and oxygen atoms in total. The zero-order valence-electron chi connectivity index (χ0n) is 18.6. The van der Waals surface area contributed by atoms with Crippen LogP contribution in [0.25, 0.3) is 21.9 Å². The average molecular weight is 450 g/mol. The zero-order chi connectivity index (χ0) is 23.1. The van der Waals surface area contributed by atoms with Gasteiger partial charge < -0.3 is 9.72 Å². The molecule has 1 aliphatic carbocycles. The van der Waals surface area contributed by atoms with Gasteiger partial charge >= 0.3 is 5.97 Å². The van der Waals surface area contributed by atoms with E-state index in [2.05, 4.69) is 21.9 Å². The van der Waals surface area contributed by atoms with Crippen LogP contribution in [0.5, 0.6) is 0 Å². The van der Waals surface area contributed by atoms with E-state index in [4.69, 9.17) is 4.74 Å². The molecule has 1 saturated carbocycles. The Morgan fingerprint density at radius 2 is 1.91 bits per heavy atom. The second kappa shape index (κ2) is 8.54. The summed E-state index contributed by atoms with van der Waals surface area (Å²) in [5.74, 6) is 0.0206. The molecule has 0 spiro atoms. The van der Waals surface area contributed by atoms with E-state index in [1.807, 2.05) is 6.07 Å². The standard InChI is InChI=1S/C26H25F2N3O2/c1-14(25-30-22-10-8-20(28)23(24(22)31-25)26(32)33-2)15-3-5-16(6-4-15)18-11-12-29-21-9-7-17(27)13-19(18)21/h7-16H,3-6H2,1-2H3,(H,30,31)/t14-,15-,16+/m0/s1. The number of benzene rings is 2. The Hall–Kier alpha value is -3.35. The Balaban J connectivity index is 1.36. The first-order chi connectivity index (χ1) is 16.0. The molecule has 1 N–H and O–H groups in total. The first kappa shape index (κ1) is 21.5. The number of aromatic amines is 1. The molecule has 4 aromatic rings. The number of methoxy groups -OCH3 is 1. The fraction of sp³-hybridized carbons (Fsp3) is 0.346. The maximum atomic E-state index is 14.3. The quantitative estimate of drug-likeness (QED) is 0.374. The van der Waals surface area contributed by atoms with Gasteiger partial charge in [-0.25, -0.2) is 18.6 Å². The molecule has 1 aliphatic rings. The van der Waals surface area contributed by atoms with Crippen LogP contribution in [0.2, 0.25) is 0 Å². The van der Waals surface area contributed by atoms with Crippen LogP contribution < -0.4 is 0 Å². The van der Waals surface area contributed by atoms with Crippen LogP contribution >= 0.6 is 0 Å². The van der Waals surface area contributed by atoms with Crippen molar-refractivity contribution < 1.29 is 18.3 Å². The number of aromatic nitrogens is 3. The Bertz CT molecular complexity index is 1340. The third-order valence-electron chi connectivity index (χ3n) is 7.10. The predicted molar refractivity (Wildman–Crippen MR) is 122 cm³/mol. The van der Waals surface area contributed by atoms with Crippen LogP contribution in [0.15, 0.2) is 42.6 Å². The Morgan fingerprint density at radius 3 is 2.67 bits per heavy atom. The number of nitrogens with zero attached hydrogens (tertiary/aromatic N) is 2. The SMILES string of the molecule is COC(=O)c1c(F)ccc2[nH]c([C@@H](C)[C@H]3CC[C@@H](c4ccnc5ccc(F)cc54)CC3)nc12. The van der Waals surface area contributed by atoms with Crippen molar-refractivity contribution in [2.24, 2.45) is 5.92 Å². The summed E-state index contributed by atoms with van der Waals surface area (Å²) in [6.45, 7) is 2.12. The van der Waals surface area contributed by atoms with Crippen LogP contribution in [0.4, 0.5) is 8.78 Å². The molecule has 0 radical (unpaired) electrons. The number of imidazole rings is 1. The molecule has 0 bridgehead atoms. The number of carbonyl (C=O) groups excluding carboxylic acids is 1. The van der Waals surface area contributed by atoms with Gasteiger partial charge in [-0.1, -0.05) is 6.92 Å². The predicted octanol–water partition coefficient (Wildman–Crippen LogP) is 6.25. The highest BCUT2D eigenvalue weighted by Crippen LogP contribution is 2.43. The number of fused-ring (bicyclic) bond motifs is 2. The topological polar surface area (TPSA) is 67.9 Å². The lowest BCUT2D eigenvalue weighted by Crippen LogP contribution is -2.19. The van der Waals surface area contributed by atoms with Crippen molar-refractivity contribution >= 4 is 27.9 Å². The molecule has 0 saturated heterocycles. The number of hydrogen-bond acceptors (Lipinski definition) is 4. The number of hydrogen-bond donors (Lipinski definition) is 1. The van der Waals surface area contributed by atoms with E-state index < -0.39 is 11.8 Å². The molecule has 5 rings (SSSR count). The van der Waals surface area contributed by atoms with Crippen molar-refractivity contribution in [2.45, 2.75) is 44.4 Å². The molecule has 0 aliphatic heterocycles. The third-order valence-corrected chi connectivity index (χ3v) is 7.10. The first-order valence-electron chi connectivity index (χ1n) is 11.3. The van der Waals surface area contributed by atoms with Gasteiger partial charge in [-0.2, -0.15) is 0 Å². The van der Waals surface area contributed by atoms with Crippen molar-refractivity contribution in [3.05, 3.63) is 71.2 Å². The van der Waals surface area contributed by atoms with Gasteiger partial charge in [-0.3, -0.25) is 4.98 Å². The summed E-state index contributed by atoms with van der Waals surface area (Å²) in [4.78, 5) is 24.3. The van der Waals surface area contributed by atoms with E-state index in [1.165, 1.54) is 19.2 Å². The number of ether oxygens (including phenoxy) is 1. The van der Waals surface area contributed by atoms with Gasteiger partial charge in [-0.15, -0.1) is 0 Å². The molecule has 7 heteroatoms. The smallest absolute Gasteiger partial charge is 0.343 e. The Labute approximate surface area is 190 Å². The van der Waals surface area contributed by atoms with Crippen LogP contribution in [-0.4, -0.2) is 28.0 Å². The third kappa shape index (κ3) is 3.86. The van der Waals surface area contributed by atoms with Gasteiger partial charge in [0.25, 0.3) is 0 Å². The first-order valence-corrected chi connectivity index (χ1v) is 11.3. The van der Waals surface area contributed by atoms with Crippen LogP contribution in [0, 0.1) is 17.6 Å². The minimum atomic E-state index is -0.731. The molecule has 0 amide bonds. The summed E-state index contributed by atoms with van der Waals surface area (Å²) < 4.78 is 32.9. The van der Waals surface area contributed by atoms with E-state index >= 15 is 0 Å². The number of H-pyrrole nitrogens is 1. The Kier molecular flexibility index (Phi) is 5.56. The van der Waals surface area contributed by atoms with Crippen LogP contribution in [0.1, 0.15) is 66.2 Å². The van der Waals surface area contributed by atoms with Crippen molar-refractivity contribution in [3.63, 3.8) is 0 Å². The molecule has 0 unspecified atom stereocenters. The second-order valence-electron chi connectivity index (χ2n) is 8.89.